The summed E-state index contributed by atoms with van der Waals surface area (Å²) in [4.78, 5) is 4.18. The minimum absolute atomic E-state index is 0.105. The van der Waals surface area contributed by atoms with Gasteiger partial charge in [0, 0.05) is 25.3 Å². The van der Waals surface area contributed by atoms with E-state index in [9.17, 15) is 4.39 Å². The van der Waals surface area contributed by atoms with Gasteiger partial charge >= 0.3 is 0 Å². The molecule has 2 aromatic rings. The first-order valence-corrected chi connectivity index (χ1v) is 6.96. The predicted octanol–water partition coefficient (Wildman–Crippen LogP) is 3.51. The highest BCUT2D eigenvalue weighted by atomic mass is 19.1. The van der Waals surface area contributed by atoms with Crippen LogP contribution >= 0.6 is 0 Å². The van der Waals surface area contributed by atoms with E-state index in [0.29, 0.717) is 17.2 Å². The summed E-state index contributed by atoms with van der Waals surface area (Å²) in [7, 11) is 0. The van der Waals surface area contributed by atoms with Gasteiger partial charge in [-0.25, -0.2) is 9.37 Å². The molecule has 0 aliphatic heterocycles. The van der Waals surface area contributed by atoms with Gasteiger partial charge < -0.3 is 9.88 Å². The van der Waals surface area contributed by atoms with Crippen molar-refractivity contribution in [2.75, 3.05) is 0 Å². The number of aromatic nitrogens is 2. The lowest BCUT2D eigenvalue weighted by Crippen LogP contribution is -2.16. The lowest BCUT2D eigenvalue weighted by molar-refractivity contribution is 0.550. The van der Waals surface area contributed by atoms with E-state index in [2.05, 4.69) is 28.7 Å². The molecule has 0 bridgehead atoms. The molecule has 0 saturated heterocycles. The van der Waals surface area contributed by atoms with Crippen LogP contribution in [-0.4, -0.2) is 9.55 Å². The van der Waals surface area contributed by atoms with E-state index in [0.717, 1.165) is 24.3 Å². The SMILES string of the molecule is Cc1cc(CNCc2cncn2C(C)C)cc(C)c1F. The fourth-order valence-corrected chi connectivity index (χ4v) is 2.41. The van der Waals surface area contributed by atoms with Crippen LogP contribution in [0.15, 0.2) is 24.7 Å². The van der Waals surface area contributed by atoms with Gasteiger partial charge in [0.15, 0.2) is 0 Å². The molecule has 2 rings (SSSR count). The second-order valence-corrected chi connectivity index (χ2v) is 5.53. The van der Waals surface area contributed by atoms with Crippen molar-refractivity contribution in [3.05, 3.63) is 52.9 Å². The second-order valence-electron chi connectivity index (χ2n) is 5.53. The van der Waals surface area contributed by atoms with Gasteiger partial charge in [0.25, 0.3) is 0 Å². The second kappa shape index (κ2) is 6.18. The van der Waals surface area contributed by atoms with Crippen molar-refractivity contribution in [2.24, 2.45) is 0 Å². The number of imidazole rings is 1. The molecule has 0 aliphatic rings. The molecule has 3 nitrogen and oxygen atoms in total. The van der Waals surface area contributed by atoms with Crippen molar-refractivity contribution >= 4 is 0 Å². The Morgan fingerprint density at radius 2 is 1.85 bits per heavy atom. The van der Waals surface area contributed by atoms with Gasteiger partial charge in [-0.1, -0.05) is 12.1 Å². The van der Waals surface area contributed by atoms with Crippen LogP contribution in [0.3, 0.4) is 0 Å². The largest absolute Gasteiger partial charge is 0.331 e. The van der Waals surface area contributed by atoms with Gasteiger partial charge in [-0.15, -0.1) is 0 Å². The highest BCUT2D eigenvalue weighted by Crippen LogP contribution is 2.15. The molecule has 0 radical (unpaired) electrons. The maximum Gasteiger partial charge on any atom is 0.129 e. The summed E-state index contributed by atoms with van der Waals surface area (Å²) in [6.45, 7) is 9.37. The average Bonchev–Trinajstić information content (AvgIpc) is 2.84. The van der Waals surface area contributed by atoms with Crippen molar-refractivity contribution < 1.29 is 4.39 Å². The van der Waals surface area contributed by atoms with E-state index in [1.165, 1.54) is 0 Å². The maximum absolute atomic E-state index is 13.6. The molecule has 1 heterocycles. The molecule has 4 heteroatoms. The Hall–Kier alpha value is -1.68. The van der Waals surface area contributed by atoms with Crippen molar-refractivity contribution in [1.82, 2.24) is 14.9 Å². The number of rotatable bonds is 5. The molecule has 0 amide bonds. The Morgan fingerprint density at radius 1 is 1.20 bits per heavy atom. The first-order chi connectivity index (χ1) is 9.49. The first kappa shape index (κ1) is 14.7. The highest BCUT2D eigenvalue weighted by Gasteiger charge is 2.06. The van der Waals surface area contributed by atoms with E-state index < -0.39 is 0 Å². The number of hydrogen-bond donors (Lipinski definition) is 1. The molecule has 0 fully saturated rings. The fraction of sp³-hybridized carbons (Fsp3) is 0.438. The van der Waals surface area contributed by atoms with E-state index in [1.807, 2.05) is 24.7 Å². The molecule has 1 aromatic carbocycles. The standard InChI is InChI=1S/C16H22FN3/c1-11(2)20-10-19-9-15(20)8-18-7-14-5-12(3)16(17)13(4)6-14/h5-6,9-11,18H,7-8H2,1-4H3. The molecular weight excluding hydrogens is 253 g/mol. The smallest absolute Gasteiger partial charge is 0.129 e. The average molecular weight is 275 g/mol. The van der Waals surface area contributed by atoms with Gasteiger partial charge in [0.05, 0.1) is 12.0 Å². The molecule has 0 spiro atoms. The van der Waals surface area contributed by atoms with Crippen LogP contribution in [0.2, 0.25) is 0 Å². The Balaban J connectivity index is 1.98. The number of nitrogens with one attached hydrogen (secondary N) is 1. The third-order valence-corrected chi connectivity index (χ3v) is 3.43. The van der Waals surface area contributed by atoms with E-state index >= 15 is 0 Å². The van der Waals surface area contributed by atoms with Crippen LogP contribution in [-0.2, 0) is 13.1 Å². The van der Waals surface area contributed by atoms with Crippen molar-refractivity contribution in [1.29, 1.82) is 0 Å². The molecule has 108 valence electrons. The number of benzene rings is 1. The number of nitrogens with zero attached hydrogens (tertiary/aromatic N) is 2. The molecule has 1 aromatic heterocycles. The summed E-state index contributed by atoms with van der Waals surface area (Å²) < 4.78 is 15.7. The molecule has 0 unspecified atom stereocenters. The third-order valence-electron chi connectivity index (χ3n) is 3.43. The molecule has 0 saturated carbocycles. The topological polar surface area (TPSA) is 29.9 Å². The van der Waals surface area contributed by atoms with Crippen molar-refractivity contribution in [2.45, 2.75) is 46.8 Å². The van der Waals surface area contributed by atoms with Gasteiger partial charge in [0.2, 0.25) is 0 Å². The van der Waals surface area contributed by atoms with Crippen LogP contribution in [0.4, 0.5) is 4.39 Å². The number of aryl methyl sites for hydroxylation is 2. The zero-order chi connectivity index (χ0) is 14.7. The molecule has 1 N–H and O–H groups in total. The molecular formula is C16H22FN3. The first-order valence-electron chi connectivity index (χ1n) is 6.96. The lowest BCUT2D eigenvalue weighted by Gasteiger charge is -2.13. The molecule has 0 aliphatic carbocycles. The summed E-state index contributed by atoms with van der Waals surface area (Å²) in [5, 5.41) is 3.39. The van der Waals surface area contributed by atoms with Crippen LogP contribution in [0.5, 0.6) is 0 Å². The fourth-order valence-electron chi connectivity index (χ4n) is 2.41. The van der Waals surface area contributed by atoms with Gasteiger partial charge in [-0.05, 0) is 44.4 Å². The number of hydrogen-bond acceptors (Lipinski definition) is 2. The van der Waals surface area contributed by atoms with Crippen LogP contribution in [0.25, 0.3) is 0 Å². The van der Waals surface area contributed by atoms with Crippen LogP contribution in [0.1, 0.15) is 42.3 Å². The Labute approximate surface area is 119 Å². The zero-order valence-electron chi connectivity index (χ0n) is 12.6. The number of halogens is 1. The Morgan fingerprint density at radius 3 is 2.45 bits per heavy atom. The van der Waals surface area contributed by atoms with Crippen molar-refractivity contribution in [3.8, 4) is 0 Å². The Kier molecular flexibility index (Phi) is 4.55. The van der Waals surface area contributed by atoms with Crippen molar-refractivity contribution in [3.63, 3.8) is 0 Å². The normalized spacial score (nSPS) is 11.3. The van der Waals surface area contributed by atoms with Gasteiger partial charge in [-0.3, -0.25) is 0 Å². The van der Waals surface area contributed by atoms with Crippen LogP contribution in [0, 0.1) is 19.7 Å². The maximum atomic E-state index is 13.6. The summed E-state index contributed by atoms with van der Waals surface area (Å²) in [6, 6.07) is 4.20. The van der Waals surface area contributed by atoms with E-state index in [-0.39, 0.29) is 5.82 Å². The van der Waals surface area contributed by atoms with E-state index in [4.69, 9.17) is 0 Å². The quantitative estimate of drug-likeness (QED) is 0.905. The third kappa shape index (κ3) is 3.25. The monoisotopic (exact) mass is 275 g/mol. The zero-order valence-corrected chi connectivity index (χ0v) is 12.6. The summed E-state index contributed by atoms with van der Waals surface area (Å²) >= 11 is 0. The Bertz CT molecular complexity index is 564. The summed E-state index contributed by atoms with van der Waals surface area (Å²) in [5.41, 5.74) is 3.68. The molecule has 0 atom stereocenters. The summed E-state index contributed by atoms with van der Waals surface area (Å²) in [5.74, 6) is -0.105. The predicted molar refractivity (Wildman–Crippen MR) is 79.0 cm³/mol. The van der Waals surface area contributed by atoms with E-state index in [1.54, 1.807) is 13.8 Å². The molecule has 20 heavy (non-hydrogen) atoms. The minimum Gasteiger partial charge on any atom is -0.331 e. The van der Waals surface area contributed by atoms with Crippen LogP contribution < -0.4 is 5.32 Å². The van der Waals surface area contributed by atoms with Gasteiger partial charge in [0.1, 0.15) is 5.82 Å². The minimum atomic E-state index is -0.105. The van der Waals surface area contributed by atoms with Gasteiger partial charge in [-0.2, -0.15) is 0 Å². The summed E-state index contributed by atoms with van der Waals surface area (Å²) in [6.07, 6.45) is 3.74. The highest BCUT2D eigenvalue weighted by molar-refractivity contribution is 5.30. The lowest BCUT2D eigenvalue weighted by atomic mass is 10.1.